The van der Waals surface area contributed by atoms with Crippen molar-refractivity contribution in [2.75, 3.05) is 0 Å². The molecule has 3 nitrogen and oxygen atoms in total. The molecule has 0 radical (unpaired) electrons. The van der Waals surface area contributed by atoms with Gasteiger partial charge in [-0.25, -0.2) is 0 Å². The predicted molar refractivity (Wildman–Crippen MR) is 39.1 cm³/mol. The fourth-order valence-electron chi connectivity index (χ4n) is 0.888. The normalized spacial score (nSPS) is 11.4. The van der Waals surface area contributed by atoms with Crippen molar-refractivity contribution in [2.45, 2.75) is 13.1 Å². The van der Waals surface area contributed by atoms with Gasteiger partial charge in [0.05, 0.1) is 5.56 Å². The predicted octanol–water partition coefficient (Wildman–Crippen LogP) is 2.31. The molecule has 0 aliphatic rings. The molecule has 0 amide bonds. The van der Waals surface area contributed by atoms with Crippen LogP contribution in [0.1, 0.15) is 33.6 Å². The Hall–Kier alpha value is -1.59. The van der Waals surface area contributed by atoms with Crippen LogP contribution in [0.25, 0.3) is 0 Å². The number of alkyl halides is 3. The maximum Gasteiger partial charge on any atom is 0.450 e. The molecule has 0 fully saturated rings. The molecule has 0 atom stereocenters. The molecule has 0 bridgehead atoms. The fraction of sp³-hybridized carbons (Fsp3) is 0.250. The second-order valence-electron chi connectivity index (χ2n) is 2.57. The van der Waals surface area contributed by atoms with Crippen LogP contribution < -0.4 is 0 Å². The third-order valence-electron chi connectivity index (χ3n) is 1.49. The first-order valence-corrected chi connectivity index (χ1v) is 3.53. The Balaban J connectivity index is 3.29. The van der Waals surface area contributed by atoms with Crippen LogP contribution in [0.3, 0.4) is 0 Å². The summed E-state index contributed by atoms with van der Waals surface area (Å²) in [6.07, 6.45) is -4.76. The highest BCUT2D eigenvalue weighted by Crippen LogP contribution is 2.33. The maximum absolute atomic E-state index is 12.1. The summed E-state index contributed by atoms with van der Waals surface area (Å²) in [5.41, 5.74) is -0.664. The number of hydrogen-bond acceptors (Lipinski definition) is 3. The van der Waals surface area contributed by atoms with Gasteiger partial charge < -0.3 is 4.42 Å². The minimum atomic E-state index is -4.76. The van der Waals surface area contributed by atoms with Gasteiger partial charge in [0.15, 0.2) is 17.8 Å². The lowest BCUT2D eigenvalue weighted by molar-refractivity contribution is -0.153. The van der Waals surface area contributed by atoms with E-state index in [1.54, 1.807) is 0 Å². The van der Waals surface area contributed by atoms with E-state index in [1.165, 1.54) is 0 Å². The smallest absolute Gasteiger partial charge is 0.448 e. The summed E-state index contributed by atoms with van der Waals surface area (Å²) in [6.45, 7) is 1.05. The number of aldehydes is 1. The zero-order valence-electron chi connectivity index (χ0n) is 7.01. The van der Waals surface area contributed by atoms with Crippen molar-refractivity contribution < 1.29 is 27.2 Å². The monoisotopic (exact) mass is 206 g/mol. The third-order valence-corrected chi connectivity index (χ3v) is 1.49. The average molecular weight is 206 g/mol. The first kappa shape index (κ1) is 10.5. The molecule has 1 aromatic rings. The number of halogens is 3. The SMILES string of the molecule is CC(=O)c1cc(C=O)c(C(F)(F)F)o1. The molecule has 1 aromatic heterocycles. The minimum Gasteiger partial charge on any atom is -0.448 e. The molecule has 1 rings (SSSR count). The van der Waals surface area contributed by atoms with Crippen molar-refractivity contribution in [1.82, 2.24) is 0 Å². The van der Waals surface area contributed by atoms with Crippen LogP contribution in [-0.2, 0) is 6.18 Å². The summed E-state index contributed by atoms with van der Waals surface area (Å²) < 4.78 is 40.7. The van der Waals surface area contributed by atoms with Crippen molar-refractivity contribution in [3.05, 3.63) is 23.2 Å². The largest absolute Gasteiger partial charge is 0.450 e. The first-order valence-electron chi connectivity index (χ1n) is 3.53. The lowest BCUT2D eigenvalue weighted by atomic mass is 10.2. The number of carbonyl (C=O) groups excluding carboxylic acids is 2. The molecule has 0 saturated carbocycles. The van der Waals surface area contributed by atoms with E-state index in [9.17, 15) is 22.8 Å². The van der Waals surface area contributed by atoms with Gasteiger partial charge in [-0.15, -0.1) is 0 Å². The van der Waals surface area contributed by atoms with Crippen LogP contribution >= 0.6 is 0 Å². The molecule has 0 saturated heterocycles. The number of carbonyl (C=O) groups is 2. The second-order valence-corrected chi connectivity index (χ2v) is 2.57. The summed E-state index contributed by atoms with van der Waals surface area (Å²) in [5, 5.41) is 0. The van der Waals surface area contributed by atoms with Crippen molar-refractivity contribution >= 4 is 12.1 Å². The highest BCUT2D eigenvalue weighted by molar-refractivity contribution is 5.93. The van der Waals surface area contributed by atoms with Gasteiger partial charge in [0.25, 0.3) is 0 Å². The Bertz CT molecular complexity index is 376. The Kier molecular flexibility index (Phi) is 2.46. The molecule has 0 aliphatic carbocycles. The fourth-order valence-corrected chi connectivity index (χ4v) is 0.888. The van der Waals surface area contributed by atoms with E-state index in [0.717, 1.165) is 13.0 Å². The summed E-state index contributed by atoms with van der Waals surface area (Å²) in [7, 11) is 0. The molecule has 14 heavy (non-hydrogen) atoms. The van der Waals surface area contributed by atoms with Gasteiger partial charge in [-0.1, -0.05) is 0 Å². The third kappa shape index (κ3) is 1.84. The van der Waals surface area contributed by atoms with Gasteiger partial charge in [0.2, 0.25) is 5.76 Å². The molecule has 0 aromatic carbocycles. The molecule has 6 heteroatoms. The lowest BCUT2D eigenvalue weighted by Gasteiger charge is -2.01. The second kappa shape index (κ2) is 3.28. The van der Waals surface area contributed by atoms with E-state index in [0.29, 0.717) is 0 Å². The number of hydrogen-bond donors (Lipinski definition) is 0. The molecule has 76 valence electrons. The van der Waals surface area contributed by atoms with Crippen molar-refractivity contribution in [3.63, 3.8) is 0 Å². The quantitative estimate of drug-likeness (QED) is 0.551. The van der Waals surface area contributed by atoms with Crippen LogP contribution in [-0.4, -0.2) is 12.1 Å². The first-order chi connectivity index (χ1) is 6.36. The van der Waals surface area contributed by atoms with Crippen LogP contribution in [0.2, 0.25) is 0 Å². The molecule has 0 N–H and O–H groups in total. The van der Waals surface area contributed by atoms with E-state index >= 15 is 0 Å². The number of ketones is 1. The number of furan rings is 1. The highest BCUT2D eigenvalue weighted by atomic mass is 19.4. The molecule has 0 spiro atoms. The molecule has 1 heterocycles. The summed E-state index contributed by atoms with van der Waals surface area (Å²) in [4.78, 5) is 20.9. The van der Waals surface area contributed by atoms with E-state index in [2.05, 4.69) is 4.42 Å². The van der Waals surface area contributed by atoms with Crippen LogP contribution in [0.5, 0.6) is 0 Å². The van der Waals surface area contributed by atoms with E-state index in [4.69, 9.17) is 0 Å². The molecule has 0 unspecified atom stereocenters. The summed E-state index contributed by atoms with van der Waals surface area (Å²) >= 11 is 0. The van der Waals surface area contributed by atoms with Crippen molar-refractivity contribution in [1.29, 1.82) is 0 Å². The van der Waals surface area contributed by atoms with E-state index in [-0.39, 0.29) is 6.29 Å². The van der Waals surface area contributed by atoms with Gasteiger partial charge in [-0.2, -0.15) is 13.2 Å². The Morgan fingerprint density at radius 3 is 2.36 bits per heavy atom. The van der Waals surface area contributed by atoms with Gasteiger partial charge in [-0.05, 0) is 6.07 Å². The number of rotatable bonds is 2. The van der Waals surface area contributed by atoms with Gasteiger partial charge in [0, 0.05) is 6.92 Å². The zero-order chi connectivity index (χ0) is 10.9. The number of Topliss-reactive ketones (excluding diaryl/α,β-unsaturated/α-hetero) is 1. The highest BCUT2D eigenvalue weighted by Gasteiger charge is 2.38. The molecular weight excluding hydrogens is 201 g/mol. The summed E-state index contributed by atoms with van der Waals surface area (Å²) in [6, 6.07) is 0.776. The molecular formula is C8H5F3O3. The average Bonchev–Trinajstić information content (AvgIpc) is 2.46. The standard InChI is InChI=1S/C8H5F3O3/c1-4(13)6-2-5(3-12)7(14-6)8(9,10)11/h2-3H,1H3. The minimum absolute atomic E-state index is 0.00123. The van der Waals surface area contributed by atoms with Gasteiger partial charge >= 0.3 is 6.18 Å². The van der Waals surface area contributed by atoms with E-state index in [1.807, 2.05) is 0 Å². The van der Waals surface area contributed by atoms with E-state index < -0.39 is 29.0 Å². The maximum atomic E-state index is 12.1. The van der Waals surface area contributed by atoms with Crippen molar-refractivity contribution in [2.24, 2.45) is 0 Å². The van der Waals surface area contributed by atoms with Crippen molar-refractivity contribution in [3.8, 4) is 0 Å². The summed E-state index contributed by atoms with van der Waals surface area (Å²) in [5.74, 6) is -2.57. The lowest BCUT2D eigenvalue weighted by Crippen LogP contribution is -2.05. The Labute approximate surface area is 76.5 Å². The van der Waals surface area contributed by atoms with Crippen LogP contribution in [0.4, 0.5) is 13.2 Å². The Morgan fingerprint density at radius 2 is 2.07 bits per heavy atom. The van der Waals surface area contributed by atoms with Crippen LogP contribution in [0, 0.1) is 0 Å². The Morgan fingerprint density at radius 1 is 1.50 bits per heavy atom. The topological polar surface area (TPSA) is 47.3 Å². The zero-order valence-corrected chi connectivity index (χ0v) is 7.01. The molecule has 0 aliphatic heterocycles. The van der Waals surface area contributed by atoms with Gasteiger partial charge in [-0.3, -0.25) is 9.59 Å². The van der Waals surface area contributed by atoms with Crippen LogP contribution in [0.15, 0.2) is 10.5 Å². The van der Waals surface area contributed by atoms with Gasteiger partial charge in [0.1, 0.15) is 0 Å².